The molecule has 3 rings (SSSR count). The van der Waals surface area contributed by atoms with Crippen LogP contribution in [0.2, 0.25) is 0 Å². The zero-order chi connectivity index (χ0) is 18.9. The Bertz CT molecular complexity index is 695. The van der Waals surface area contributed by atoms with E-state index in [0.29, 0.717) is 6.54 Å². The third-order valence-electron chi connectivity index (χ3n) is 4.67. The number of hydrogen-bond donors (Lipinski definition) is 2. The van der Waals surface area contributed by atoms with Crippen molar-refractivity contribution in [1.29, 1.82) is 0 Å². The lowest BCUT2D eigenvalue weighted by Gasteiger charge is -2.32. The Morgan fingerprint density at radius 2 is 1.93 bits per heavy atom. The molecule has 1 fully saturated rings. The number of nitrogens with zero attached hydrogens (tertiary/aromatic N) is 3. The molecule has 0 bridgehead atoms. The Hall–Kier alpha value is -1.52. The predicted molar refractivity (Wildman–Crippen MR) is 122 cm³/mol. The van der Waals surface area contributed by atoms with Crippen LogP contribution in [-0.4, -0.2) is 61.4 Å². The van der Waals surface area contributed by atoms with Gasteiger partial charge in [-0.05, 0) is 38.1 Å². The number of guanidine groups is 1. The molecule has 1 atom stereocenters. The molecular weight excluding hydrogens is 469 g/mol. The van der Waals surface area contributed by atoms with Gasteiger partial charge < -0.3 is 24.4 Å². The second-order valence-corrected chi connectivity index (χ2v) is 6.68. The van der Waals surface area contributed by atoms with E-state index in [1.54, 1.807) is 0 Å². The second-order valence-electron chi connectivity index (χ2n) is 6.68. The predicted octanol–water partition coefficient (Wildman–Crippen LogP) is 2.64. The van der Waals surface area contributed by atoms with Crippen LogP contribution in [0.1, 0.15) is 24.5 Å². The van der Waals surface area contributed by atoms with Crippen molar-refractivity contribution in [1.82, 2.24) is 20.1 Å². The van der Waals surface area contributed by atoms with Crippen molar-refractivity contribution in [2.45, 2.75) is 26.4 Å². The number of furan rings is 1. The number of hydrogen-bond acceptors (Lipinski definition) is 4. The van der Waals surface area contributed by atoms with Gasteiger partial charge in [-0.15, -0.1) is 24.0 Å². The molecule has 0 spiro atoms. The van der Waals surface area contributed by atoms with Gasteiger partial charge in [0.05, 0.1) is 25.8 Å². The first-order chi connectivity index (χ1) is 13.3. The van der Waals surface area contributed by atoms with E-state index in [-0.39, 0.29) is 30.0 Å². The number of aryl methyl sites for hydroxylation is 1. The highest BCUT2D eigenvalue weighted by Crippen LogP contribution is 2.24. The Balaban J connectivity index is 0.00000280. The molecule has 2 aromatic rings. The molecule has 2 N–H and O–H groups in total. The van der Waals surface area contributed by atoms with Crippen molar-refractivity contribution in [3.63, 3.8) is 0 Å². The maximum absolute atomic E-state index is 5.93. The molecule has 2 aromatic heterocycles. The van der Waals surface area contributed by atoms with Gasteiger partial charge >= 0.3 is 0 Å². The lowest BCUT2D eigenvalue weighted by molar-refractivity contribution is 0.0135. The number of nitrogens with one attached hydrogen (secondary N) is 2. The van der Waals surface area contributed by atoms with E-state index in [4.69, 9.17) is 14.1 Å². The standard InChI is InChI=1S/C20H31N5O2.HI/c1-3-21-20(22-8-11-24-9-4-5-10-24)23-16-18(19-7-6-17(2)27-19)25-12-14-26-15-13-25;/h4-7,9-10,18H,3,8,11-16H2,1-2H3,(H2,21,22,23);1H. The average molecular weight is 501 g/mol. The fourth-order valence-electron chi connectivity index (χ4n) is 3.25. The van der Waals surface area contributed by atoms with Gasteiger partial charge in [-0.25, -0.2) is 0 Å². The van der Waals surface area contributed by atoms with Crippen molar-refractivity contribution < 1.29 is 9.15 Å². The number of aliphatic imine (C=N–C) groups is 1. The number of halogens is 1. The fraction of sp³-hybridized carbons (Fsp3) is 0.550. The van der Waals surface area contributed by atoms with Crippen molar-refractivity contribution in [3.05, 3.63) is 48.2 Å². The first kappa shape index (κ1) is 22.8. The van der Waals surface area contributed by atoms with Crippen LogP contribution < -0.4 is 10.6 Å². The van der Waals surface area contributed by atoms with Crippen LogP contribution in [0.4, 0.5) is 0 Å². The number of aromatic nitrogens is 1. The van der Waals surface area contributed by atoms with E-state index in [2.05, 4.69) is 45.5 Å². The minimum Gasteiger partial charge on any atom is -0.465 e. The topological polar surface area (TPSA) is 67.0 Å². The smallest absolute Gasteiger partial charge is 0.191 e. The monoisotopic (exact) mass is 501 g/mol. The molecule has 28 heavy (non-hydrogen) atoms. The molecule has 0 saturated carbocycles. The third kappa shape index (κ3) is 6.82. The van der Waals surface area contributed by atoms with Gasteiger partial charge in [0.25, 0.3) is 0 Å². The first-order valence-corrected chi connectivity index (χ1v) is 9.77. The lowest BCUT2D eigenvalue weighted by atomic mass is 10.1. The Labute approximate surface area is 184 Å². The normalized spacial score (nSPS) is 16.4. The first-order valence-electron chi connectivity index (χ1n) is 9.77. The molecule has 0 amide bonds. The molecule has 8 heteroatoms. The molecule has 7 nitrogen and oxygen atoms in total. The zero-order valence-electron chi connectivity index (χ0n) is 16.8. The molecule has 0 aliphatic carbocycles. The van der Waals surface area contributed by atoms with Gasteiger partial charge in [-0.1, -0.05) is 0 Å². The molecule has 0 aromatic carbocycles. The number of morpholine rings is 1. The van der Waals surface area contributed by atoms with E-state index in [0.717, 1.165) is 63.4 Å². The quantitative estimate of drug-likeness (QED) is 0.331. The Kier molecular flexibility index (Phi) is 9.86. The summed E-state index contributed by atoms with van der Waals surface area (Å²) in [6, 6.07) is 8.29. The summed E-state index contributed by atoms with van der Waals surface area (Å²) in [7, 11) is 0. The summed E-state index contributed by atoms with van der Waals surface area (Å²) < 4.78 is 13.6. The molecule has 1 unspecified atom stereocenters. The van der Waals surface area contributed by atoms with Crippen LogP contribution in [0.5, 0.6) is 0 Å². The van der Waals surface area contributed by atoms with Crippen molar-refractivity contribution in [2.24, 2.45) is 4.99 Å². The maximum Gasteiger partial charge on any atom is 0.191 e. The summed E-state index contributed by atoms with van der Waals surface area (Å²) in [6.45, 7) is 10.6. The summed E-state index contributed by atoms with van der Waals surface area (Å²) in [5.41, 5.74) is 0. The number of ether oxygens (including phenoxy) is 1. The van der Waals surface area contributed by atoms with Crippen LogP contribution in [0.3, 0.4) is 0 Å². The van der Waals surface area contributed by atoms with Crippen molar-refractivity contribution in [3.8, 4) is 0 Å². The summed E-state index contributed by atoms with van der Waals surface area (Å²) in [4.78, 5) is 7.23. The molecule has 3 heterocycles. The summed E-state index contributed by atoms with van der Waals surface area (Å²) in [6.07, 6.45) is 4.14. The lowest BCUT2D eigenvalue weighted by Crippen LogP contribution is -2.42. The Morgan fingerprint density at radius 3 is 2.57 bits per heavy atom. The summed E-state index contributed by atoms with van der Waals surface area (Å²) in [5, 5.41) is 6.75. The third-order valence-corrected chi connectivity index (χ3v) is 4.67. The zero-order valence-corrected chi connectivity index (χ0v) is 19.1. The highest BCUT2D eigenvalue weighted by atomic mass is 127. The molecule has 1 aliphatic heterocycles. The van der Waals surface area contributed by atoms with Gasteiger partial charge in [0.2, 0.25) is 0 Å². The van der Waals surface area contributed by atoms with Gasteiger partial charge in [0.1, 0.15) is 11.5 Å². The van der Waals surface area contributed by atoms with Gasteiger partial charge in [0, 0.05) is 45.1 Å². The van der Waals surface area contributed by atoms with Crippen LogP contribution >= 0.6 is 24.0 Å². The van der Waals surface area contributed by atoms with E-state index in [1.165, 1.54) is 0 Å². The van der Waals surface area contributed by atoms with Crippen LogP contribution in [-0.2, 0) is 11.3 Å². The van der Waals surface area contributed by atoms with E-state index < -0.39 is 0 Å². The van der Waals surface area contributed by atoms with E-state index >= 15 is 0 Å². The fourth-order valence-corrected chi connectivity index (χ4v) is 3.25. The molecule has 1 saturated heterocycles. The average Bonchev–Trinajstić information content (AvgIpc) is 3.35. The maximum atomic E-state index is 5.93. The minimum atomic E-state index is 0. The van der Waals surface area contributed by atoms with Gasteiger partial charge in [-0.3, -0.25) is 9.89 Å². The highest BCUT2D eigenvalue weighted by molar-refractivity contribution is 14.0. The van der Waals surface area contributed by atoms with E-state index in [1.807, 2.05) is 25.1 Å². The molecule has 0 radical (unpaired) electrons. The van der Waals surface area contributed by atoms with Crippen LogP contribution in [0.15, 0.2) is 46.1 Å². The molecule has 156 valence electrons. The molecule has 1 aliphatic rings. The minimum absolute atomic E-state index is 0. The number of rotatable bonds is 8. The SMILES string of the molecule is CCNC(=NCC(c1ccc(C)o1)N1CCOCC1)NCCn1cccc1.I. The highest BCUT2D eigenvalue weighted by Gasteiger charge is 2.25. The van der Waals surface area contributed by atoms with E-state index in [9.17, 15) is 0 Å². The van der Waals surface area contributed by atoms with Gasteiger partial charge in [0.15, 0.2) is 5.96 Å². The Morgan fingerprint density at radius 1 is 1.18 bits per heavy atom. The second kappa shape index (κ2) is 12.1. The summed E-state index contributed by atoms with van der Waals surface area (Å²) in [5.74, 6) is 2.75. The van der Waals surface area contributed by atoms with Gasteiger partial charge in [-0.2, -0.15) is 0 Å². The molecular formula is C20H32IN5O2. The van der Waals surface area contributed by atoms with Crippen molar-refractivity contribution >= 4 is 29.9 Å². The van der Waals surface area contributed by atoms with Crippen LogP contribution in [0, 0.1) is 6.92 Å². The van der Waals surface area contributed by atoms with Crippen molar-refractivity contribution in [2.75, 3.05) is 45.9 Å². The summed E-state index contributed by atoms with van der Waals surface area (Å²) >= 11 is 0. The largest absolute Gasteiger partial charge is 0.465 e. The van der Waals surface area contributed by atoms with Crippen LogP contribution in [0.25, 0.3) is 0 Å².